The summed E-state index contributed by atoms with van der Waals surface area (Å²) in [7, 11) is -1.71. The number of unbranched alkanes of at least 4 members (excludes halogenated alkanes) is 1. The second kappa shape index (κ2) is 6.26. The lowest BCUT2D eigenvalue weighted by Gasteiger charge is -2.23. The van der Waals surface area contributed by atoms with Crippen LogP contribution < -0.4 is 0 Å². The van der Waals surface area contributed by atoms with Gasteiger partial charge in [-0.05, 0) is 6.42 Å². The van der Waals surface area contributed by atoms with Gasteiger partial charge in [0.2, 0.25) is 10.0 Å². The lowest BCUT2D eigenvalue weighted by atomic mass is 9.92. The lowest BCUT2D eigenvalue weighted by Crippen LogP contribution is -2.33. The van der Waals surface area contributed by atoms with Crippen LogP contribution in [-0.4, -0.2) is 35.6 Å². The van der Waals surface area contributed by atoms with Crippen LogP contribution in [0.4, 0.5) is 0 Å². The van der Waals surface area contributed by atoms with Crippen molar-refractivity contribution in [2.75, 3.05) is 13.1 Å². The topological polar surface area (TPSA) is 55.2 Å². The number of rotatable bonds is 6. The predicted octanol–water partition coefficient (Wildman–Crippen LogP) is 2.53. The van der Waals surface area contributed by atoms with Gasteiger partial charge in [-0.2, -0.15) is 9.40 Å². The van der Waals surface area contributed by atoms with E-state index in [-0.39, 0.29) is 5.41 Å². The molecule has 0 unspecified atom stereocenters. The average molecular weight is 301 g/mol. The fourth-order valence-corrected chi connectivity index (χ4v) is 3.96. The highest BCUT2D eigenvalue weighted by Crippen LogP contribution is 2.29. The third kappa shape index (κ3) is 3.61. The number of hydrogen-bond donors (Lipinski definition) is 0. The molecule has 0 amide bonds. The molecule has 0 fully saturated rings. The minimum atomic E-state index is -3.47. The summed E-state index contributed by atoms with van der Waals surface area (Å²) in [5.41, 5.74) is 0.336. The van der Waals surface area contributed by atoms with Gasteiger partial charge in [0.05, 0.1) is 5.69 Å². The van der Waals surface area contributed by atoms with E-state index in [9.17, 15) is 8.42 Å². The van der Waals surface area contributed by atoms with E-state index in [1.165, 1.54) is 0 Å². The van der Waals surface area contributed by atoms with E-state index >= 15 is 0 Å². The molecule has 0 atom stereocenters. The van der Waals surface area contributed by atoms with Crippen molar-refractivity contribution in [2.45, 2.75) is 57.8 Å². The summed E-state index contributed by atoms with van der Waals surface area (Å²) in [5, 5.41) is 4.36. The van der Waals surface area contributed by atoms with Crippen LogP contribution in [0.3, 0.4) is 0 Å². The van der Waals surface area contributed by atoms with E-state index < -0.39 is 10.0 Å². The SMILES string of the molecule is CCCCN(CC)S(=O)(=O)c1cn(C)nc1C(C)(C)C. The summed E-state index contributed by atoms with van der Waals surface area (Å²) < 4.78 is 28.8. The van der Waals surface area contributed by atoms with E-state index in [1.807, 2.05) is 27.7 Å². The zero-order valence-electron chi connectivity index (χ0n) is 13.5. The molecule has 0 aliphatic heterocycles. The highest BCUT2D eigenvalue weighted by molar-refractivity contribution is 7.89. The highest BCUT2D eigenvalue weighted by Gasteiger charge is 2.32. The molecular formula is C14H27N3O2S. The van der Waals surface area contributed by atoms with Gasteiger partial charge in [-0.25, -0.2) is 8.42 Å². The molecule has 0 N–H and O–H groups in total. The molecule has 0 spiro atoms. The number of hydrogen-bond acceptors (Lipinski definition) is 3. The summed E-state index contributed by atoms with van der Waals surface area (Å²) in [6.45, 7) is 10.9. The molecule has 0 aromatic carbocycles. The molecule has 0 radical (unpaired) electrons. The fourth-order valence-electron chi connectivity index (χ4n) is 2.10. The van der Waals surface area contributed by atoms with Crippen molar-refractivity contribution in [1.82, 2.24) is 14.1 Å². The zero-order chi connectivity index (χ0) is 15.6. The Kier molecular flexibility index (Phi) is 5.38. The van der Waals surface area contributed by atoms with Crippen molar-refractivity contribution in [1.29, 1.82) is 0 Å². The highest BCUT2D eigenvalue weighted by atomic mass is 32.2. The van der Waals surface area contributed by atoms with Gasteiger partial charge >= 0.3 is 0 Å². The monoisotopic (exact) mass is 301 g/mol. The van der Waals surface area contributed by atoms with Crippen LogP contribution >= 0.6 is 0 Å². The molecule has 116 valence electrons. The van der Waals surface area contributed by atoms with Gasteiger partial charge in [0.25, 0.3) is 0 Å². The van der Waals surface area contributed by atoms with Gasteiger partial charge in [0, 0.05) is 31.7 Å². The van der Waals surface area contributed by atoms with Crippen molar-refractivity contribution < 1.29 is 8.42 Å². The van der Waals surface area contributed by atoms with Gasteiger partial charge in [-0.3, -0.25) is 4.68 Å². The minimum Gasteiger partial charge on any atom is -0.274 e. The molecule has 0 bridgehead atoms. The molecule has 1 aromatic rings. The van der Waals surface area contributed by atoms with Crippen molar-refractivity contribution in [3.8, 4) is 0 Å². The quantitative estimate of drug-likeness (QED) is 0.811. The third-order valence-electron chi connectivity index (χ3n) is 3.24. The molecule has 0 saturated heterocycles. The van der Waals surface area contributed by atoms with Gasteiger partial charge in [-0.15, -0.1) is 0 Å². The molecular weight excluding hydrogens is 274 g/mol. The Labute approximate surface area is 123 Å². The van der Waals surface area contributed by atoms with Crippen LogP contribution in [0.2, 0.25) is 0 Å². The molecule has 20 heavy (non-hydrogen) atoms. The normalized spacial score (nSPS) is 13.2. The Morgan fingerprint density at radius 2 is 1.90 bits per heavy atom. The molecule has 6 heteroatoms. The molecule has 5 nitrogen and oxygen atoms in total. The molecule has 1 aromatic heterocycles. The van der Waals surface area contributed by atoms with Gasteiger partial charge in [-0.1, -0.05) is 41.0 Å². The van der Waals surface area contributed by atoms with E-state index in [0.29, 0.717) is 23.7 Å². The molecule has 0 aliphatic rings. The lowest BCUT2D eigenvalue weighted by molar-refractivity contribution is 0.416. The first-order valence-corrected chi connectivity index (χ1v) is 8.62. The molecule has 0 aliphatic carbocycles. The third-order valence-corrected chi connectivity index (χ3v) is 5.21. The van der Waals surface area contributed by atoms with Crippen molar-refractivity contribution in [3.05, 3.63) is 11.9 Å². The first-order chi connectivity index (χ1) is 9.14. The Morgan fingerprint density at radius 1 is 1.30 bits per heavy atom. The van der Waals surface area contributed by atoms with Crippen LogP contribution in [0.15, 0.2) is 11.1 Å². The number of sulfonamides is 1. The van der Waals surface area contributed by atoms with Crippen LogP contribution in [0.25, 0.3) is 0 Å². The Morgan fingerprint density at radius 3 is 2.35 bits per heavy atom. The number of aryl methyl sites for hydroxylation is 1. The van der Waals surface area contributed by atoms with Crippen molar-refractivity contribution in [3.63, 3.8) is 0 Å². The van der Waals surface area contributed by atoms with Gasteiger partial charge < -0.3 is 0 Å². The minimum absolute atomic E-state index is 0.298. The maximum absolute atomic E-state index is 12.8. The Balaban J connectivity index is 3.27. The van der Waals surface area contributed by atoms with Crippen LogP contribution in [0.5, 0.6) is 0 Å². The summed E-state index contributed by atoms with van der Waals surface area (Å²) in [6.07, 6.45) is 3.47. The fraction of sp³-hybridized carbons (Fsp3) is 0.786. The summed E-state index contributed by atoms with van der Waals surface area (Å²) >= 11 is 0. The van der Waals surface area contributed by atoms with Crippen LogP contribution in [0, 0.1) is 0 Å². The second-order valence-corrected chi connectivity index (χ2v) is 8.02. The second-order valence-electron chi connectivity index (χ2n) is 6.12. The van der Waals surface area contributed by atoms with Crippen molar-refractivity contribution >= 4 is 10.0 Å². The zero-order valence-corrected chi connectivity index (χ0v) is 14.3. The maximum atomic E-state index is 12.8. The first kappa shape index (κ1) is 17.2. The molecule has 1 heterocycles. The van der Waals surface area contributed by atoms with E-state index in [4.69, 9.17) is 0 Å². The number of nitrogens with zero attached hydrogens (tertiary/aromatic N) is 3. The summed E-state index contributed by atoms with van der Waals surface area (Å²) in [4.78, 5) is 0.338. The Hall–Kier alpha value is -0.880. The van der Waals surface area contributed by atoms with Crippen LogP contribution in [0.1, 0.15) is 53.2 Å². The largest absolute Gasteiger partial charge is 0.274 e. The average Bonchev–Trinajstić information content (AvgIpc) is 2.72. The smallest absolute Gasteiger partial charge is 0.246 e. The molecule has 0 saturated carbocycles. The van der Waals surface area contributed by atoms with Gasteiger partial charge in [0.15, 0.2) is 0 Å². The standard InChI is InChI=1S/C14H27N3O2S/c1-7-9-10-17(8-2)20(18,19)12-11-16(6)15-13(12)14(3,4)5/h11H,7-10H2,1-6H3. The van der Waals surface area contributed by atoms with Crippen LogP contribution in [-0.2, 0) is 22.5 Å². The predicted molar refractivity (Wildman–Crippen MR) is 81.2 cm³/mol. The maximum Gasteiger partial charge on any atom is 0.246 e. The summed E-state index contributed by atoms with van der Waals surface area (Å²) in [6, 6.07) is 0. The summed E-state index contributed by atoms with van der Waals surface area (Å²) in [5.74, 6) is 0. The number of aromatic nitrogens is 2. The molecule has 1 rings (SSSR count). The van der Waals surface area contributed by atoms with E-state index in [0.717, 1.165) is 12.8 Å². The Bertz CT molecular complexity index is 541. The van der Waals surface area contributed by atoms with Crippen molar-refractivity contribution in [2.24, 2.45) is 7.05 Å². The first-order valence-electron chi connectivity index (χ1n) is 7.18. The van der Waals surface area contributed by atoms with E-state index in [1.54, 1.807) is 22.2 Å². The van der Waals surface area contributed by atoms with E-state index in [2.05, 4.69) is 12.0 Å². The van der Waals surface area contributed by atoms with Gasteiger partial charge in [0.1, 0.15) is 4.90 Å².